The van der Waals surface area contributed by atoms with Gasteiger partial charge in [-0.1, -0.05) is 0 Å². The van der Waals surface area contributed by atoms with Gasteiger partial charge in [0.25, 0.3) is 0 Å². The first-order valence-corrected chi connectivity index (χ1v) is 9.20. The zero-order valence-electron chi connectivity index (χ0n) is 14.8. The smallest absolute Gasteiger partial charge is 0.243 e. The molecule has 1 saturated heterocycles. The van der Waals surface area contributed by atoms with Crippen molar-refractivity contribution >= 4 is 29.3 Å². The van der Waals surface area contributed by atoms with E-state index >= 15 is 0 Å². The number of aryl methyl sites for hydroxylation is 2. The molecule has 3 rings (SSSR count). The molecule has 0 saturated carbocycles. The van der Waals surface area contributed by atoms with E-state index < -0.39 is 0 Å². The van der Waals surface area contributed by atoms with Crippen molar-refractivity contribution in [2.75, 3.05) is 31.5 Å². The molecule has 8 heteroatoms. The molecule has 136 valence electrons. The maximum absolute atomic E-state index is 12.1. The van der Waals surface area contributed by atoms with E-state index in [0.717, 1.165) is 16.3 Å². The van der Waals surface area contributed by atoms with Gasteiger partial charge in [0.2, 0.25) is 11.8 Å². The molecule has 1 aromatic heterocycles. The Morgan fingerprint density at radius 1 is 1.23 bits per heavy atom. The lowest BCUT2D eigenvalue weighted by Crippen LogP contribution is -2.50. The number of anilines is 1. The largest absolute Gasteiger partial charge is 0.331 e. The SMILES string of the molecule is Cc1cc(C)nc(Sc2ccc(NC(=O)CN3CCNCC3=O)cc2)n1. The van der Waals surface area contributed by atoms with E-state index in [0.29, 0.717) is 30.5 Å². The molecule has 2 heterocycles. The second-order valence-electron chi connectivity index (χ2n) is 6.10. The number of hydrogen-bond acceptors (Lipinski definition) is 6. The van der Waals surface area contributed by atoms with E-state index in [2.05, 4.69) is 20.6 Å². The Balaban J connectivity index is 1.57. The lowest BCUT2D eigenvalue weighted by atomic mass is 10.3. The molecular formula is C18H21N5O2S. The van der Waals surface area contributed by atoms with Crippen molar-refractivity contribution in [1.29, 1.82) is 0 Å². The Hall–Kier alpha value is -2.45. The average Bonchev–Trinajstić information content (AvgIpc) is 2.58. The molecule has 0 spiro atoms. The number of benzene rings is 1. The first kappa shape index (κ1) is 18.3. The number of hydrogen-bond donors (Lipinski definition) is 2. The molecule has 0 bridgehead atoms. The van der Waals surface area contributed by atoms with E-state index in [-0.39, 0.29) is 18.4 Å². The number of amides is 2. The van der Waals surface area contributed by atoms with Crippen LogP contribution in [0.25, 0.3) is 0 Å². The van der Waals surface area contributed by atoms with Gasteiger partial charge in [0.15, 0.2) is 5.16 Å². The predicted octanol–water partition coefficient (Wildman–Crippen LogP) is 1.61. The molecule has 1 fully saturated rings. The van der Waals surface area contributed by atoms with Gasteiger partial charge in [0.1, 0.15) is 0 Å². The number of rotatable bonds is 5. The third-order valence-electron chi connectivity index (χ3n) is 3.83. The van der Waals surface area contributed by atoms with Crippen LogP contribution in [0.1, 0.15) is 11.4 Å². The molecule has 2 amide bonds. The van der Waals surface area contributed by atoms with Gasteiger partial charge in [-0.05, 0) is 55.9 Å². The third kappa shape index (κ3) is 5.03. The lowest BCUT2D eigenvalue weighted by molar-refractivity contribution is -0.135. The summed E-state index contributed by atoms with van der Waals surface area (Å²) in [5, 5.41) is 6.52. The fourth-order valence-electron chi connectivity index (χ4n) is 2.64. The van der Waals surface area contributed by atoms with Crippen LogP contribution in [0.2, 0.25) is 0 Å². The van der Waals surface area contributed by atoms with Gasteiger partial charge in [-0.2, -0.15) is 0 Å². The average molecular weight is 371 g/mol. The van der Waals surface area contributed by atoms with Crippen molar-refractivity contribution in [2.45, 2.75) is 23.9 Å². The Morgan fingerprint density at radius 2 is 1.92 bits per heavy atom. The molecule has 0 radical (unpaired) electrons. The van der Waals surface area contributed by atoms with Crippen LogP contribution in [0.3, 0.4) is 0 Å². The summed E-state index contributed by atoms with van der Waals surface area (Å²) >= 11 is 1.48. The van der Waals surface area contributed by atoms with Gasteiger partial charge in [-0.3, -0.25) is 9.59 Å². The molecule has 1 aliphatic heterocycles. The number of aromatic nitrogens is 2. The molecule has 26 heavy (non-hydrogen) atoms. The van der Waals surface area contributed by atoms with E-state index in [1.165, 1.54) is 11.8 Å². The van der Waals surface area contributed by atoms with Gasteiger partial charge in [-0.15, -0.1) is 0 Å². The van der Waals surface area contributed by atoms with Gasteiger partial charge in [0.05, 0.1) is 13.1 Å². The number of carbonyl (C=O) groups excluding carboxylic acids is 2. The fraction of sp³-hybridized carbons (Fsp3) is 0.333. The molecule has 1 aromatic carbocycles. The summed E-state index contributed by atoms with van der Waals surface area (Å²) in [6.07, 6.45) is 0. The van der Waals surface area contributed by atoms with Crippen molar-refractivity contribution in [3.8, 4) is 0 Å². The van der Waals surface area contributed by atoms with Crippen molar-refractivity contribution < 1.29 is 9.59 Å². The number of nitrogens with one attached hydrogen (secondary N) is 2. The molecule has 2 aromatic rings. The lowest BCUT2D eigenvalue weighted by Gasteiger charge is -2.26. The normalized spacial score (nSPS) is 14.4. The zero-order valence-corrected chi connectivity index (χ0v) is 15.6. The monoisotopic (exact) mass is 371 g/mol. The number of nitrogens with zero attached hydrogens (tertiary/aromatic N) is 3. The van der Waals surface area contributed by atoms with Crippen LogP contribution in [0, 0.1) is 13.8 Å². The Kier molecular flexibility index (Phi) is 5.85. The quantitative estimate of drug-likeness (QED) is 0.777. The summed E-state index contributed by atoms with van der Waals surface area (Å²) in [5.74, 6) is -0.245. The molecule has 1 aliphatic rings. The van der Waals surface area contributed by atoms with Gasteiger partial charge in [-0.25, -0.2) is 9.97 Å². The Morgan fingerprint density at radius 3 is 2.58 bits per heavy atom. The number of carbonyl (C=O) groups is 2. The minimum absolute atomic E-state index is 0.0494. The van der Waals surface area contributed by atoms with Crippen molar-refractivity contribution in [1.82, 2.24) is 20.2 Å². The Bertz CT molecular complexity index is 789. The second-order valence-corrected chi connectivity index (χ2v) is 7.14. The van der Waals surface area contributed by atoms with Crippen LogP contribution in [0.5, 0.6) is 0 Å². The highest BCUT2D eigenvalue weighted by atomic mass is 32.2. The van der Waals surface area contributed by atoms with Crippen LogP contribution >= 0.6 is 11.8 Å². The summed E-state index contributed by atoms with van der Waals surface area (Å²) in [6, 6.07) is 9.44. The van der Waals surface area contributed by atoms with E-state index in [4.69, 9.17) is 0 Å². The first-order chi connectivity index (χ1) is 12.5. The highest BCUT2D eigenvalue weighted by molar-refractivity contribution is 7.99. The minimum atomic E-state index is -0.196. The summed E-state index contributed by atoms with van der Waals surface area (Å²) in [7, 11) is 0. The van der Waals surface area contributed by atoms with E-state index in [9.17, 15) is 9.59 Å². The summed E-state index contributed by atoms with van der Waals surface area (Å²) in [6.45, 7) is 5.53. The molecular weight excluding hydrogens is 350 g/mol. The molecule has 2 N–H and O–H groups in total. The highest BCUT2D eigenvalue weighted by Gasteiger charge is 2.20. The maximum atomic E-state index is 12.1. The minimum Gasteiger partial charge on any atom is -0.331 e. The van der Waals surface area contributed by atoms with Crippen LogP contribution in [-0.2, 0) is 9.59 Å². The van der Waals surface area contributed by atoms with Crippen LogP contribution in [0.15, 0.2) is 40.4 Å². The fourth-order valence-corrected chi connectivity index (χ4v) is 3.50. The topological polar surface area (TPSA) is 87.2 Å². The maximum Gasteiger partial charge on any atom is 0.243 e. The van der Waals surface area contributed by atoms with Crippen LogP contribution in [-0.4, -0.2) is 52.9 Å². The second kappa shape index (κ2) is 8.29. The highest BCUT2D eigenvalue weighted by Crippen LogP contribution is 2.26. The molecule has 7 nitrogen and oxygen atoms in total. The van der Waals surface area contributed by atoms with Gasteiger partial charge < -0.3 is 15.5 Å². The zero-order chi connectivity index (χ0) is 18.5. The summed E-state index contributed by atoms with van der Waals surface area (Å²) in [4.78, 5) is 35.2. The van der Waals surface area contributed by atoms with Crippen LogP contribution < -0.4 is 10.6 Å². The molecule has 0 atom stereocenters. The van der Waals surface area contributed by atoms with Crippen molar-refractivity contribution in [3.05, 3.63) is 41.7 Å². The van der Waals surface area contributed by atoms with Crippen LogP contribution in [0.4, 0.5) is 5.69 Å². The molecule has 0 unspecified atom stereocenters. The Labute approximate surface area is 156 Å². The van der Waals surface area contributed by atoms with Crippen molar-refractivity contribution in [3.63, 3.8) is 0 Å². The van der Waals surface area contributed by atoms with E-state index in [1.54, 1.807) is 4.90 Å². The third-order valence-corrected chi connectivity index (χ3v) is 4.70. The predicted molar refractivity (Wildman–Crippen MR) is 100 cm³/mol. The summed E-state index contributed by atoms with van der Waals surface area (Å²) < 4.78 is 0. The van der Waals surface area contributed by atoms with Crippen molar-refractivity contribution in [2.24, 2.45) is 0 Å². The van der Waals surface area contributed by atoms with Gasteiger partial charge >= 0.3 is 0 Å². The number of piperazine rings is 1. The van der Waals surface area contributed by atoms with Gasteiger partial charge in [0, 0.05) is 35.1 Å². The molecule has 0 aliphatic carbocycles. The van der Waals surface area contributed by atoms with E-state index in [1.807, 2.05) is 44.2 Å². The summed E-state index contributed by atoms with van der Waals surface area (Å²) in [5.41, 5.74) is 2.57. The first-order valence-electron chi connectivity index (χ1n) is 8.38. The standard InChI is InChI=1S/C18H21N5O2S/c1-12-9-13(2)21-18(20-12)26-15-5-3-14(4-6-15)22-16(24)11-23-8-7-19-10-17(23)25/h3-6,9,19H,7-8,10-11H2,1-2H3,(H,22,24).